The van der Waals surface area contributed by atoms with E-state index in [4.69, 9.17) is 10.9 Å². The molecule has 114 valence electrons. The number of nitrogens with one attached hydrogen (secondary N) is 1. The van der Waals surface area contributed by atoms with Crippen molar-refractivity contribution in [3.8, 4) is 0 Å². The first-order chi connectivity index (χ1) is 9.67. The second-order valence-electron chi connectivity index (χ2n) is 4.13. The van der Waals surface area contributed by atoms with Gasteiger partial charge in [0, 0.05) is 6.92 Å². The number of rotatable bonds is 3. The Bertz CT molecular complexity index is 723. The summed E-state index contributed by atoms with van der Waals surface area (Å²) in [6.45, 7) is 1.12. The maximum atomic E-state index is 13.4. The van der Waals surface area contributed by atoms with Gasteiger partial charge in [0.25, 0.3) is 10.0 Å². The molecule has 1 unspecified atom stereocenters. The van der Waals surface area contributed by atoms with Crippen molar-refractivity contribution in [2.24, 2.45) is 16.0 Å². The fourth-order valence-electron chi connectivity index (χ4n) is 1.83. The van der Waals surface area contributed by atoms with Crippen LogP contribution in [0.5, 0.6) is 0 Å². The maximum Gasteiger partial charge on any atom is 0.306 e. The Labute approximate surface area is 124 Å². The van der Waals surface area contributed by atoms with E-state index in [1.165, 1.54) is 12.1 Å². The first kappa shape index (κ1) is 15.5. The molecule has 1 aromatic carbocycles. The summed E-state index contributed by atoms with van der Waals surface area (Å²) in [5.41, 5.74) is 7.73. The summed E-state index contributed by atoms with van der Waals surface area (Å²) in [7, 11) is -4.36. The number of amides is 1. The van der Waals surface area contributed by atoms with E-state index in [1.807, 2.05) is 0 Å². The van der Waals surface area contributed by atoms with Gasteiger partial charge in [-0.2, -0.15) is 5.10 Å². The van der Waals surface area contributed by atoms with Crippen LogP contribution in [0.3, 0.4) is 0 Å². The highest BCUT2D eigenvalue weighted by molar-refractivity contribution is 8.23. The van der Waals surface area contributed by atoms with Gasteiger partial charge < -0.3 is 5.73 Å². The van der Waals surface area contributed by atoms with Gasteiger partial charge in [-0.15, -0.1) is 0 Å². The van der Waals surface area contributed by atoms with Crippen molar-refractivity contribution in [1.82, 2.24) is 5.43 Å². The lowest BCUT2D eigenvalue weighted by Gasteiger charge is -2.36. The molecule has 0 aromatic heterocycles. The van der Waals surface area contributed by atoms with E-state index in [1.54, 1.807) is 0 Å². The monoisotopic (exact) mass is 333 g/mol. The zero-order chi connectivity index (χ0) is 15.8. The third-order valence-corrected chi connectivity index (χ3v) is 5.45. The lowest BCUT2D eigenvalue weighted by molar-refractivity contribution is -0.117. The molecular weight excluding hydrogens is 321 g/mol. The van der Waals surface area contributed by atoms with Gasteiger partial charge in [0.1, 0.15) is 5.82 Å². The van der Waals surface area contributed by atoms with Gasteiger partial charge in [0.15, 0.2) is 5.17 Å². The number of benzene rings is 1. The number of carbonyl (C=O) groups is 1. The Morgan fingerprint density at radius 1 is 1.52 bits per heavy atom. The molecule has 0 saturated carbocycles. The highest BCUT2D eigenvalue weighted by Crippen LogP contribution is 2.38. The molecular formula is C10H12FN5O3S2. The van der Waals surface area contributed by atoms with Crippen LogP contribution in [-0.2, 0) is 14.8 Å². The van der Waals surface area contributed by atoms with Crippen molar-refractivity contribution in [3.63, 3.8) is 0 Å². The number of anilines is 1. The van der Waals surface area contributed by atoms with Crippen LogP contribution in [0.2, 0.25) is 0 Å². The molecule has 21 heavy (non-hydrogen) atoms. The largest absolute Gasteiger partial charge is 0.377 e. The van der Waals surface area contributed by atoms with Crippen LogP contribution < -0.4 is 21.2 Å². The molecule has 1 atom stereocenters. The Morgan fingerprint density at radius 2 is 2.19 bits per heavy atom. The van der Waals surface area contributed by atoms with Crippen molar-refractivity contribution in [2.75, 3.05) is 4.90 Å². The van der Waals surface area contributed by atoms with Crippen molar-refractivity contribution in [1.29, 1.82) is 0 Å². The molecule has 0 aliphatic carbocycles. The number of sulfonamides is 1. The fourth-order valence-corrected chi connectivity index (χ4v) is 4.01. The van der Waals surface area contributed by atoms with Crippen molar-refractivity contribution in [3.05, 3.63) is 30.1 Å². The molecule has 0 bridgehead atoms. The summed E-state index contributed by atoms with van der Waals surface area (Å²) >= 11 is 0.543. The van der Waals surface area contributed by atoms with Crippen LogP contribution >= 0.6 is 11.8 Å². The van der Waals surface area contributed by atoms with Crippen LogP contribution in [-0.4, -0.2) is 23.8 Å². The molecule has 1 heterocycles. The summed E-state index contributed by atoms with van der Waals surface area (Å²) < 4.78 is 35.2. The summed E-state index contributed by atoms with van der Waals surface area (Å²) in [5.74, 6) is -1.32. The van der Waals surface area contributed by atoms with Gasteiger partial charge >= 0.3 is 4.33 Å². The number of nitrogens with zero attached hydrogens (tertiary/aromatic N) is 2. The quantitative estimate of drug-likeness (QED) is 0.692. The summed E-state index contributed by atoms with van der Waals surface area (Å²) in [4.78, 5) is 12.7. The fraction of sp³-hybridized carbons (Fsp3) is 0.200. The number of hydrogen-bond donors (Lipinski definition) is 3. The van der Waals surface area contributed by atoms with Gasteiger partial charge in [-0.05, 0) is 30.0 Å². The Balaban J connectivity index is 2.63. The van der Waals surface area contributed by atoms with Gasteiger partial charge in [-0.1, -0.05) is 6.07 Å². The van der Waals surface area contributed by atoms with E-state index in [0.29, 0.717) is 11.8 Å². The lowest BCUT2D eigenvalue weighted by atomic mass is 10.3. The molecule has 0 fully saturated rings. The molecule has 1 aliphatic heterocycles. The zero-order valence-electron chi connectivity index (χ0n) is 10.8. The minimum atomic E-state index is -4.36. The third kappa shape index (κ3) is 2.66. The number of hydrogen-bond acceptors (Lipinski definition) is 7. The predicted octanol–water partition coefficient (Wildman–Crippen LogP) is -0.355. The summed E-state index contributed by atoms with van der Waals surface area (Å²) in [6, 6.07) is 4.87. The average molecular weight is 333 g/mol. The van der Waals surface area contributed by atoms with Crippen LogP contribution in [0.25, 0.3) is 0 Å². The molecule has 2 rings (SSSR count). The topological polar surface area (TPSA) is 131 Å². The normalized spacial score (nSPS) is 21.6. The first-order valence-corrected chi connectivity index (χ1v) is 7.92. The van der Waals surface area contributed by atoms with Crippen LogP contribution in [0.1, 0.15) is 6.92 Å². The molecule has 0 spiro atoms. The standard InChI is InChI=1S/C10H12FN5O3S2/c1-6(17)16(8-4-2-3-7(11)5-8)10(21(13,18)19)15-14-9(12)20-10/h2-5,15H,1H3,(H2,12,14)(H2,13,18,19). The van der Waals surface area contributed by atoms with Crippen molar-refractivity contribution < 1.29 is 17.6 Å². The Hall–Kier alpha value is -1.85. The SMILES string of the molecule is CC(=O)N(c1cccc(F)c1)C1(S(N)(=O)=O)NN=C(N)S1. The predicted molar refractivity (Wildman–Crippen MR) is 77.7 cm³/mol. The maximum absolute atomic E-state index is 13.4. The molecule has 8 nitrogen and oxygen atoms in total. The zero-order valence-corrected chi connectivity index (χ0v) is 12.4. The van der Waals surface area contributed by atoms with Crippen LogP contribution in [0.15, 0.2) is 29.4 Å². The highest BCUT2D eigenvalue weighted by atomic mass is 32.3. The molecule has 1 aliphatic rings. The van der Waals surface area contributed by atoms with E-state index in [0.717, 1.165) is 24.0 Å². The number of hydrazone groups is 1. The van der Waals surface area contributed by atoms with Gasteiger partial charge in [-0.3, -0.25) is 15.1 Å². The lowest BCUT2D eigenvalue weighted by Crippen LogP contribution is -2.62. The number of carbonyl (C=O) groups excluding carboxylic acids is 1. The second-order valence-corrected chi connectivity index (χ2v) is 7.28. The van der Waals surface area contributed by atoms with E-state index < -0.39 is 26.1 Å². The van der Waals surface area contributed by atoms with E-state index >= 15 is 0 Å². The third-order valence-electron chi connectivity index (χ3n) is 2.61. The van der Waals surface area contributed by atoms with E-state index in [9.17, 15) is 17.6 Å². The molecule has 1 amide bonds. The smallest absolute Gasteiger partial charge is 0.306 e. The number of nitrogens with two attached hydrogens (primary N) is 2. The van der Waals surface area contributed by atoms with Crippen LogP contribution in [0, 0.1) is 5.82 Å². The highest BCUT2D eigenvalue weighted by Gasteiger charge is 2.54. The molecule has 0 radical (unpaired) electrons. The number of primary sulfonamides is 1. The Kier molecular flexibility index (Phi) is 3.82. The summed E-state index contributed by atoms with van der Waals surface area (Å²) in [5, 5.41) is 8.67. The molecule has 1 aromatic rings. The molecule has 0 saturated heterocycles. The molecule has 11 heteroatoms. The van der Waals surface area contributed by atoms with Crippen LogP contribution in [0.4, 0.5) is 10.1 Å². The van der Waals surface area contributed by atoms with E-state index in [-0.39, 0.29) is 10.9 Å². The summed E-state index contributed by atoms with van der Waals surface area (Å²) in [6.07, 6.45) is 0. The number of amidine groups is 1. The van der Waals surface area contributed by atoms with Gasteiger partial charge in [0.05, 0.1) is 5.69 Å². The Morgan fingerprint density at radius 3 is 2.62 bits per heavy atom. The second kappa shape index (κ2) is 5.16. The number of halogens is 1. The van der Waals surface area contributed by atoms with Crippen molar-refractivity contribution in [2.45, 2.75) is 11.3 Å². The molecule has 5 N–H and O–H groups in total. The van der Waals surface area contributed by atoms with Gasteiger partial charge in [-0.25, -0.2) is 17.9 Å². The first-order valence-electron chi connectivity index (χ1n) is 5.55. The number of thioether (sulfide) groups is 1. The minimum Gasteiger partial charge on any atom is -0.377 e. The van der Waals surface area contributed by atoms with Crippen molar-refractivity contribution >= 4 is 38.5 Å². The van der Waals surface area contributed by atoms with E-state index in [2.05, 4.69) is 10.5 Å². The van der Waals surface area contributed by atoms with Gasteiger partial charge in [0.2, 0.25) is 5.91 Å². The average Bonchev–Trinajstić information content (AvgIpc) is 2.72. The minimum absolute atomic E-state index is 0.00132.